The maximum absolute atomic E-state index is 12.4. The highest BCUT2D eigenvalue weighted by Crippen LogP contribution is 2.17. The van der Waals surface area contributed by atoms with E-state index in [1.807, 2.05) is 38.1 Å². The van der Waals surface area contributed by atoms with Gasteiger partial charge in [-0.25, -0.2) is 5.43 Å². The highest BCUT2D eigenvalue weighted by molar-refractivity contribution is 5.95. The molecule has 0 atom stereocenters. The zero-order valence-electron chi connectivity index (χ0n) is 14.9. The Morgan fingerprint density at radius 2 is 1.78 bits per heavy atom. The molecule has 0 saturated carbocycles. The van der Waals surface area contributed by atoms with Crippen LogP contribution in [0.4, 0.5) is 5.69 Å². The molecule has 0 saturated heterocycles. The molecular formula is C20H18N4O3. The maximum atomic E-state index is 12.4. The molecule has 0 fully saturated rings. The number of hydrazone groups is 1. The van der Waals surface area contributed by atoms with Gasteiger partial charge in [-0.05, 0) is 44.2 Å². The SMILES string of the molecule is Cc1ccc(C)n1-c1cccc(C(=O)NN=Cc2cccc([N+](=O)[O-])c2)c1. The molecule has 0 spiro atoms. The average molecular weight is 362 g/mol. The first-order chi connectivity index (χ1) is 13.0. The third kappa shape index (κ3) is 4.09. The van der Waals surface area contributed by atoms with Crippen molar-refractivity contribution in [3.05, 3.63) is 93.3 Å². The van der Waals surface area contributed by atoms with Crippen LogP contribution < -0.4 is 5.43 Å². The number of rotatable bonds is 5. The van der Waals surface area contributed by atoms with Crippen molar-refractivity contribution in [1.82, 2.24) is 9.99 Å². The van der Waals surface area contributed by atoms with Crippen molar-refractivity contribution in [3.8, 4) is 5.69 Å². The lowest BCUT2D eigenvalue weighted by atomic mass is 10.2. The van der Waals surface area contributed by atoms with Gasteiger partial charge in [0.05, 0.1) is 11.1 Å². The van der Waals surface area contributed by atoms with E-state index in [9.17, 15) is 14.9 Å². The van der Waals surface area contributed by atoms with E-state index in [-0.39, 0.29) is 11.6 Å². The van der Waals surface area contributed by atoms with Gasteiger partial charge in [0.25, 0.3) is 11.6 Å². The smallest absolute Gasteiger partial charge is 0.271 e. The van der Waals surface area contributed by atoms with Gasteiger partial charge in [-0.3, -0.25) is 14.9 Å². The van der Waals surface area contributed by atoms with Gasteiger partial charge in [0, 0.05) is 40.3 Å². The minimum absolute atomic E-state index is 0.0320. The predicted molar refractivity (Wildman–Crippen MR) is 103 cm³/mol. The number of benzene rings is 2. The molecule has 0 radical (unpaired) electrons. The van der Waals surface area contributed by atoms with Crippen molar-refractivity contribution in [1.29, 1.82) is 0 Å². The van der Waals surface area contributed by atoms with E-state index in [4.69, 9.17) is 0 Å². The van der Waals surface area contributed by atoms with Gasteiger partial charge in [-0.1, -0.05) is 18.2 Å². The van der Waals surface area contributed by atoms with E-state index in [2.05, 4.69) is 15.1 Å². The first kappa shape index (κ1) is 18.1. The molecule has 136 valence electrons. The van der Waals surface area contributed by atoms with E-state index in [1.54, 1.807) is 24.3 Å². The van der Waals surface area contributed by atoms with E-state index in [1.165, 1.54) is 18.3 Å². The van der Waals surface area contributed by atoms with Gasteiger partial charge in [-0.15, -0.1) is 0 Å². The summed E-state index contributed by atoms with van der Waals surface area (Å²) in [5.74, 6) is -0.360. The molecule has 1 heterocycles. The van der Waals surface area contributed by atoms with Gasteiger partial charge < -0.3 is 4.57 Å². The number of hydrogen-bond acceptors (Lipinski definition) is 4. The molecule has 7 nitrogen and oxygen atoms in total. The Labute approximate surface area is 156 Å². The Bertz CT molecular complexity index is 1020. The lowest BCUT2D eigenvalue weighted by Crippen LogP contribution is -2.18. The second-order valence-electron chi connectivity index (χ2n) is 6.05. The fraction of sp³-hybridized carbons (Fsp3) is 0.100. The second-order valence-corrected chi connectivity index (χ2v) is 6.05. The van der Waals surface area contributed by atoms with Crippen molar-refractivity contribution < 1.29 is 9.72 Å². The number of carbonyl (C=O) groups excluding carboxylic acids is 1. The van der Waals surface area contributed by atoms with Gasteiger partial charge in [-0.2, -0.15) is 5.10 Å². The van der Waals surface area contributed by atoms with Crippen LogP contribution in [-0.4, -0.2) is 21.6 Å². The summed E-state index contributed by atoms with van der Waals surface area (Å²) in [6.07, 6.45) is 1.37. The highest BCUT2D eigenvalue weighted by Gasteiger charge is 2.09. The summed E-state index contributed by atoms with van der Waals surface area (Å²) in [5, 5.41) is 14.7. The van der Waals surface area contributed by atoms with Crippen molar-refractivity contribution in [2.75, 3.05) is 0 Å². The summed E-state index contributed by atoms with van der Waals surface area (Å²) in [5.41, 5.74) is 6.46. The zero-order chi connectivity index (χ0) is 19.4. The van der Waals surface area contributed by atoms with Crippen LogP contribution in [-0.2, 0) is 0 Å². The second kappa shape index (κ2) is 7.65. The number of carbonyl (C=O) groups is 1. The topological polar surface area (TPSA) is 89.5 Å². The molecule has 2 aromatic carbocycles. The number of nitrogens with one attached hydrogen (secondary N) is 1. The molecule has 0 aliphatic heterocycles. The number of aromatic nitrogens is 1. The van der Waals surface area contributed by atoms with Crippen LogP contribution in [0.1, 0.15) is 27.3 Å². The molecule has 1 N–H and O–H groups in total. The van der Waals surface area contributed by atoms with Gasteiger partial charge in [0.1, 0.15) is 0 Å². The Morgan fingerprint density at radius 3 is 2.48 bits per heavy atom. The molecule has 0 unspecified atom stereocenters. The molecule has 0 bridgehead atoms. The summed E-state index contributed by atoms with van der Waals surface area (Å²) < 4.78 is 2.06. The van der Waals surface area contributed by atoms with E-state index in [0.717, 1.165) is 17.1 Å². The summed E-state index contributed by atoms with van der Waals surface area (Å²) in [6.45, 7) is 4.01. The minimum atomic E-state index is -0.480. The fourth-order valence-electron chi connectivity index (χ4n) is 2.81. The summed E-state index contributed by atoms with van der Waals surface area (Å²) in [6, 6.07) is 17.3. The van der Waals surface area contributed by atoms with Crippen molar-refractivity contribution >= 4 is 17.8 Å². The first-order valence-corrected chi connectivity index (χ1v) is 8.29. The molecule has 27 heavy (non-hydrogen) atoms. The third-order valence-electron chi connectivity index (χ3n) is 4.10. The number of nitro benzene ring substituents is 1. The predicted octanol–water partition coefficient (Wildman–Crippen LogP) is 3.77. The Kier molecular flexibility index (Phi) is 5.12. The third-order valence-corrected chi connectivity index (χ3v) is 4.10. The van der Waals surface area contributed by atoms with Crippen LogP contribution in [0.2, 0.25) is 0 Å². The van der Waals surface area contributed by atoms with Gasteiger partial charge in [0.2, 0.25) is 0 Å². The van der Waals surface area contributed by atoms with Crippen LogP contribution >= 0.6 is 0 Å². The number of nitro groups is 1. The molecule has 0 aliphatic rings. The van der Waals surface area contributed by atoms with Crippen LogP contribution in [0.5, 0.6) is 0 Å². The monoisotopic (exact) mass is 362 g/mol. The minimum Gasteiger partial charge on any atom is -0.318 e. The van der Waals surface area contributed by atoms with Crippen LogP contribution in [0.25, 0.3) is 5.69 Å². The van der Waals surface area contributed by atoms with Crippen molar-refractivity contribution in [2.24, 2.45) is 5.10 Å². The quantitative estimate of drug-likeness (QED) is 0.426. The van der Waals surface area contributed by atoms with Gasteiger partial charge >= 0.3 is 0 Å². The summed E-state index contributed by atoms with van der Waals surface area (Å²) in [7, 11) is 0. The number of non-ortho nitro benzene ring substituents is 1. The number of amides is 1. The fourth-order valence-corrected chi connectivity index (χ4v) is 2.81. The number of aryl methyl sites for hydroxylation is 2. The molecule has 0 aliphatic carbocycles. The Balaban J connectivity index is 1.74. The standard InChI is InChI=1S/C20H18N4O3/c1-14-9-10-15(2)23(14)18-7-4-6-17(12-18)20(25)22-21-13-16-5-3-8-19(11-16)24(26)27/h3-13H,1-2H3,(H,22,25). The Hall–Kier alpha value is -3.74. The molecule has 1 amide bonds. The van der Waals surface area contributed by atoms with Gasteiger partial charge in [0.15, 0.2) is 0 Å². The average Bonchev–Trinajstić information content (AvgIpc) is 3.00. The first-order valence-electron chi connectivity index (χ1n) is 8.29. The largest absolute Gasteiger partial charge is 0.318 e. The van der Waals surface area contributed by atoms with Crippen molar-refractivity contribution in [3.63, 3.8) is 0 Å². The molecule has 1 aromatic heterocycles. The summed E-state index contributed by atoms with van der Waals surface area (Å²) in [4.78, 5) is 22.7. The Morgan fingerprint density at radius 1 is 1.07 bits per heavy atom. The molecule has 7 heteroatoms. The highest BCUT2D eigenvalue weighted by atomic mass is 16.6. The van der Waals surface area contributed by atoms with Crippen LogP contribution in [0, 0.1) is 24.0 Å². The number of hydrogen-bond donors (Lipinski definition) is 1. The van der Waals surface area contributed by atoms with E-state index < -0.39 is 4.92 Å². The van der Waals surface area contributed by atoms with Crippen molar-refractivity contribution in [2.45, 2.75) is 13.8 Å². The van der Waals surface area contributed by atoms with Crippen LogP contribution in [0.15, 0.2) is 65.8 Å². The number of nitrogens with zero attached hydrogens (tertiary/aromatic N) is 3. The molecule has 3 aromatic rings. The summed E-state index contributed by atoms with van der Waals surface area (Å²) >= 11 is 0. The lowest BCUT2D eigenvalue weighted by Gasteiger charge is -2.10. The normalized spacial score (nSPS) is 10.9. The van der Waals surface area contributed by atoms with E-state index >= 15 is 0 Å². The zero-order valence-corrected chi connectivity index (χ0v) is 14.9. The van der Waals surface area contributed by atoms with Crippen LogP contribution in [0.3, 0.4) is 0 Å². The maximum Gasteiger partial charge on any atom is 0.271 e. The molecular weight excluding hydrogens is 344 g/mol. The molecule has 3 rings (SSSR count). The van der Waals surface area contributed by atoms with E-state index in [0.29, 0.717) is 11.1 Å². The lowest BCUT2D eigenvalue weighted by molar-refractivity contribution is -0.384.